The number of piperazine rings is 1. The molecule has 1 amide bonds. The maximum absolute atomic E-state index is 12.5. The van der Waals surface area contributed by atoms with E-state index in [1.807, 2.05) is 38.7 Å². The number of halogens is 1. The normalized spacial score (nSPS) is 22.2. The Morgan fingerprint density at radius 1 is 1.38 bits per heavy atom. The van der Waals surface area contributed by atoms with Gasteiger partial charge in [-0.25, -0.2) is 9.78 Å². The molecule has 0 radical (unpaired) electrons. The quantitative estimate of drug-likeness (QED) is 0.800. The predicted molar refractivity (Wildman–Crippen MR) is 102 cm³/mol. The third kappa shape index (κ3) is 3.91. The van der Waals surface area contributed by atoms with Gasteiger partial charge < -0.3 is 19.3 Å². The highest BCUT2D eigenvalue weighted by Crippen LogP contribution is 2.37. The van der Waals surface area contributed by atoms with Gasteiger partial charge in [0.05, 0.1) is 23.4 Å². The molecule has 144 valence electrons. The molecule has 1 saturated heterocycles. The fourth-order valence-electron chi connectivity index (χ4n) is 3.69. The van der Waals surface area contributed by atoms with E-state index in [1.54, 1.807) is 0 Å². The molecule has 0 N–H and O–H groups in total. The summed E-state index contributed by atoms with van der Waals surface area (Å²) in [6.45, 7) is 12.0. The molecular formula is C19H28ClN3O3. The molecule has 0 bridgehead atoms. The van der Waals surface area contributed by atoms with Crippen LogP contribution < -0.4 is 4.90 Å². The van der Waals surface area contributed by atoms with Crippen molar-refractivity contribution in [2.24, 2.45) is 0 Å². The van der Waals surface area contributed by atoms with Gasteiger partial charge in [-0.2, -0.15) is 0 Å². The van der Waals surface area contributed by atoms with Gasteiger partial charge in [0.1, 0.15) is 11.4 Å². The van der Waals surface area contributed by atoms with Gasteiger partial charge >= 0.3 is 6.09 Å². The number of rotatable bonds is 3. The minimum absolute atomic E-state index is 0.163. The van der Waals surface area contributed by atoms with E-state index in [2.05, 4.69) is 11.8 Å². The molecule has 0 aliphatic carbocycles. The highest BCUT2D eigenvalue weighted by Gasteiger charge is 2.41. The Kier molecular flexibility index (Phi) is 5.35. The second-order valence-electron chi connectivity index (χ2n) is 8.04. The lowest BCUT2D eigenvalue weighted by atomic mass is 10.1. The zero-order valence-electron chi connectivity index (χ0n) is 16.2. The fourth-order valence-corrected chi connectivity index (χ4v) is 3.91. The van der Waals surface area contributed by atoms with Crippen LogP contribution in [0.15, 0.2) is 6.07 Å². The molecule has 0 aromatic carbocycles. The van der Waals surface area contributed by atoms with Gasteiger partial charge in [-0.3, -0.25) is 0 Å². The van der Waals surface area contributed by atoms with Crippen LogP contribution in [0.25, 0.3) is 0 Å². The summed E-state index contributed by atoms with van der Waals surface area (Å²) >= 11 is 6.38. The molecule has 2 aliphatic heterocycles. The summed E-state index contributed by atoms with van der Waals surface area (Å²) in [5.74, 6) is 0.977. The molecule has 0 unspecified atom stereocenters. The van der Waals surface area contributed by atoms with Crippen molar-refractivity contribution in [1.29, 1.82) is 0 Å². The van der Waals surface area contributed by atoms with Crippen LogP contribution in [0, 0.1) is 0 Å². The van der Waals surface area contributed by atoms with Crippen molar-refractivity contribution in [2.75, 3.05) is 24.6 Å². The van der Waals surface area contributed by atoms with Crippen LogP contribution in [0.3, 0.4) is 0 Å². The zero-order valence-corrected chi connectivity index (χ0v) is 17.0. The first kappa shape index (κ1) is 19.2. The maximum atomic E-state index is 12.5. The summed E-state index contributed by atoms with van der Waals surface area (Å²) in [4.78, 5) is 21.4. The van der Waals surface area contributed by atoms with Crippen LogP contribution >= 0.6 is 11.6 Å². The Bertz CT molecular complexity index is 689. The average molecular weight is 382 g/mol. The summed E-state index contributed by atoms with van der Waals surface area (Å²) in [5, 5.41) is 0.647. The lowest BCUT2D eigenvalue weighted by molar-refractivity contribution is 0.0191. The molecular weight excluding hydrogens is 354 g/mol. The number of pyridine rings is 1. The third-order valence-corrected chi connectivity index (χ3v) is 5.01. The molecule has 1 aromatic rings. The van der Waals surface area contributed by atoms with E-state index >= 15 is 0 Å². The lowest BCUT2D eigenvalue weighted by Gasteiger charge is -2.43. The van der Waals surface area contributed by atoms with Crippen molar-refractivity contribution >= 4 is 23.5 Å². The highest BCUT2D eigenvalue weighted by atomic mass is 35.5. The number of aromatic nitrogens is 1. The SMILES string of the molecule is CCOCc1nc2c(cc1Cl)C[C@@H]1CN(C(=O)OC(C)(C)C)C[C@@H](C)N21. The summed E-state index contributed by atoms with van der Waals surface area (Å²) in [7, 11) is 0. The van der Waals surface area contributed by atoms with Gasteiger partial charge in [-0.1, -0.05) is 11.6 Å². The number of carbonyl (C=O) groups excluding carboxylic acids is 1. The van der Waals surface area contributed by atoms with Crippen LogP contribution in [0.2, 0.25) is 5.02 Å². The second-order valence-corrected chi connectivity index (χ2v) is 8.44. The summed E-state index contributed by atoms with van der Waals surface area (Å²) in [6.07, 6.45) is 0.587. The van der Waals surface area contributed by atoms with Crippen molar-refractivity contribution < 1.29 is 14.3 Å². The van der Waals surface area contributed by atoms with Crippen LogP contribution in [-0.4, -0.2) is 53.4 Å². The molecule has 1 fully saturated rings. The molecule has 7 heteroatoms. The lowest BCUT2D eigenvalue weighted by Crippen LogP contribution is -2.58. The zero-order chi connectivity index (χ0) is 19.1. The Balaban J connectivity index is 1.78. The van der Waals surface area contributed by atoms with E-state index in [1.165, 1.54) is 0 Å². The number of hydrogen-bond donors (Lipinski definition) is 0. The monoisotopic (exact) mass is 381 g/mol. The smallest absolute Gasteiger partial charge is 0.410 e. The first-order chi connectivity index (χ1) is 12.2. The molecule has 1 aromatic heterocycles. The molecule has 3 heterocycles. The minimum atomic E-state index is -0.487. The van der Waals surface area contributed by atoms with Gasteiger partial charge in [0.2, 0.25) is 0 Å². The number of fused-ring (bicyclic) bond motifs is 3. The van der Waals surface area contributed by atoms with Crippen LogP contribution in [0.5, 0.6) is 0 Å². The molecule has 2 atom stereocenters. The Morgan fingerprint density at radius 2 is 2.12 bits per heavy atom. The Morgan fingerprint density at radius 3 is 2.77 bits per heavy atom. The van der Waals surface area contributed by atoms with E-state index in [9.17, 15) is 4.79 Å². The molecule has 0 saturated carbocycles. The molecule has 2 aliphatic rings. The van der Waals surface area contributed by atoms with Crippen LogP contribution in [-0.2, 0) is 22.5 Å². The largest absolute Gasteiger partial charge is 0.444 e. The number of carbonyl (C=O) groups is 1. The average Bonchev–Trinajstić information content (AvgIpc) is 2.88. The van der Waals surface area contributed by atoms with E-state index in [0.29, 0.717) is 31.3 Å². The second kappa shape index (κ2) is 7.24. The molecule has 3 rings (SSSR count). The van der Waals surface area contributed by atoms with Gasteiger partial charge in [-0.15, -0.1) is 0 Å². The molecule has 26 heavy (non-hydrogen) atoms. The maximum Gasteiger partial charge on any atom is 0.410 e. The van der Waals surface area contributed by atoms with E-state index < -0.39 is 5.60 Å². The third-order valence-electron chi connectivity index (χ3n) is 4.68. The van der Waals surface area contributed by atoms with Crippen LogP contribution in [0.4, 0.5) is 10.6 Å². The Labute approximate surface area is 160 Å². The number of nitrogens with zero attached hydrogens (tertiary/aromatic N) is 3. The van der Waals surface area contributed by atoms with Gasteiger partial charge in [0.25, 0.3) is 0 Å². The van der Waals surface area contributed by atoms with Crippen LogP contribution in [0.1, 0.15) is 45.9 Å². The van der Waals surface area contributed by atoms with Crippen molar-refractivity contribution in [3.8, 4) is 0 Å². The van der Waals surface area contributed by atoms with E-state index in [0.717, 1.165) is 23.5 Å². The van der Waals surface area contributed by atoms with Crippen molar-refractivity contribution in [3.63, 3.8) is 0 Å². The first-order valence-electron chi connectivity index (χ1n) is 9.22. The van der Waals surface area contributed by atoms with Gasteiger partial charge in [0, 0.05) is 25.7 Å². The fraction of sp³-hybridized carbons (Fsp3) is 0.684. The highest BCUT2D eigenvalue weighted by molar-refractivity contribution is 6.31. The number of hydrogen-bond acceptors (Lipinski definition) is 5. The minimum Gasteiger partial charge on any atom is -0.444 e. The Hall–Kier alpha value is -1.53. The standard InChI is InChI=1S/C19H28ClN3O3/c1-6-25-11-16-15(20)8-13-7-14-10-22(18(24)26-19(3,4)5)9-12(2)23(14)17(13)21-16/h8,12,14H,6-7,9-11H2,1-5H3/t12-,14-/m1/s1. The molecule has 0 spiro atoms. The van der Waals surface area contributed by atoms with Crippen molar-refractivity contribution in [1.82, 2.24) is 9.88 Å². The summed E-state index contributed by atoms with van der Waals surface area (Å²) < 4.78 is 11.0. The number of anilines is 1. The predicted octanol–water partition coefficient (Wildman–Crippen LogP) is 3.64. The van der Waals surface area contributed by atoms with Crippen molar-refractivity contribution in [2.45, 2.75) is 65.3 Å². The number of amides is 1. The summed E-state index contributed by atoms with van der Waals surface area (Å²) in [6, 6.07) is 2.37. The van der Waals surface area contributed by atoms with Crippen molar-refractivity contribution in [3.05, 3.63) is 22.3 Å². The van der Waals surface area contributed by atoms with E-state index in [4.69, 9.17) is 26.1 Å². The number of ether oxygens (including phenoxy) is 2. The summed E-state index contributed by atoms with van der Waals surface area (Å²) in [5.41, 5.74) is 1.42. The van der Waals surface area contributed by atoms with E-state index in [-0.39, 0.29) is 18.2 Å². The van der Waals surface area contributed by atoms with Gasteiger partial charge in [0.15, 0.2) is 0 Å². The topological polar surface area (TPSA) is 54.9 Å². The first-order valence-corrected chi connectivity index (χ1v) is 9.59. The molecule has 6 nitrogen and oxygen atoms in total. The van der Waals surface area contributed by atoms with Gasteiger partial charge in [-0.05, 0) is 52.7 Å².